The second-order valence-electron chi connectivity index (χ2n) is 7.10. The fourth-order valence-electron chi connectivity index (χ4n) is 3.95. The van der Waals surface area contributed by atoms with Crippen molar-refractivity contribution in [2.45, 2.75) is 31.3 Å². The lowest BCUT2D eigenvalue weighted by Gasteiger charge is -2.24. The van der Waals surface area contributed by atoms with E-state index in [0.29, 0.717) is 25.2 Å². The molecule has 2 saturated heterocycles. The molecule has 26 heavy (non-hydrogen) atoms. The first-order valence-corrected chi connectivity index (χ1v) is 9.13. The molecule has 2 heterocycles. The standard InChI is InChI=1S/C21H23FN2O2/c1-26-18-7-2-14(3-8-18)15-4-9-19(20(22)12-15)21(25)24-11-10-16-5-6-17(13-24)23-16/h2-4,7-9,12,16-17,23H,5-6,10-11,13H2,1H3. The van der Waals surface area contributed by atoms with Crippen molar-refractivity contribution in [3.05, 3.63) is 53.8 Å². The van der Waals surface area contributed by atoms with Crippen LogP contribution in [-0.4, -0.2) is 43.1 Å². The van der Waals surface area contributed by atoms with E-state index in [2.05, 4.69) is 5.32 Å². The predicted octanol–water partition coefficient (Wildman–Crippen LogP) is 3.47. The molecule has 2 aliphatic heterocycles. The number of benzene rings is 2. The van der Waals surface area contributed by atoms with Crippen LogP contribution in [0.1, 0.15) is 29.6 Å². The van der Waals surface area contributed by atoms with E-state index in [0.717, 1.165) is 29.7 Å². The second kappa shape index (κ2) is 7.08. The van der Waals surface area contributed by atoms with Crippen molar-refractivity contribution in [2.24, 2.45) is 0 Å². The van der Waals surface area contributed by atoms with E-state index >= 15 is 0 Å². The Morgan fingerprint density at radius 3 is 2.54 bits per heavy atom. The van der Waals surface area contributed by atoms with Gasteiger partial charge >= 0.3 is 0 Å². The van der Waals surface area contributed by atoms with Gasteiger partial charge in [0.05, 0.1) is 12.7 Å². The van der Waals surface area contributed by atoms with Gasteiger partial charge in [-0.15, -0.1) is 0 Å². The van der Waals surface area contributed by atoms with Crippen molar-refractivity contribution >= 4 is 5.91 Å². The van der Waals surface area contributed by atoms with Crippen LogP contribution >= 0.6 is 0 Å². The number of hydrogen-bond donors (Lipinski definition) is 1. The van der Waals surface area contributed by atoms with E-state index in [-0.39, 0.29) is 11.5 Å². The molecule has 2 aromatic carbocycles. The number of rotatable bonds is 3. The summed E-state index contributed by atoms with van der Waals surface area (Å²) in [6.45, 7) is 1.35. The van der Waals surface area contributed by atoms with E-state index in [1.807, 2.05) is 24.3 Å². The van der Waals surface area contributed by atoms with Crippen molar-refractivity contribution in [1.29, 1.82) is 0 Å². The fourth-order valence-corrected chi connectivity index (χ4v) is 3.95. The Balaban J connectivity index is 1.54. The van der Waals surface area contributed by atoms with Gasteiger partial charge in [0.2, 0.25) is 0 Å². The Bertz CT molecular complexity index is 806. The summed E-state index contributed by atoms with van der Waals surface area (Å²) < 4.78 is 19.8. The van der Waals surface area contributed by atoms with Crippen LogP contribution in [0.4, 0.5) is 4.39 Å². The number of likely N-dealkylation sites (tertiary alicyclic amines) is 1. The largest absolute Gasteiger partial charge is 0.497 e. The maximum atomic E-state index is 14.7. The molecule has 1 amide bonds. The van der Waals surface area contributed by atoms with Crippen LogP contribution in [-0.2, 0) is 0 Å². The van der Waals surface area contributed by atoms with Gasteiger partial charge in [-0.25, -0.2) is 4.39 Å². The van der Waals surface area contributed by atoms with Crippen LogP contribution in [0.25, 0.3) is 11.1 Å². The van der Waals surface area contributed by atoms with Crippen LogP contribution in [0.15, 0.2) is 42.5 Å². The topological polar surface area (TPSA) is 41.6 Å². The van der Waals surface area contributed by atoms with Crippen LogP contribution in [0.3, 0.4) is 0 Å². The van der Waals surface area contributed by atoms with E-state index in [4.69, 9.17) is 4.74 Å². The van der Waals surface area contributed by atoms with E-state index in [9.17, 15) is 9.18 Å². The highest BCUT2D eigenvalue weighted by Gasteiger charge is 2.32. The Hall–Kier alpha value is -2.40. The van der Waals surface area contributed by atoms with Crippen molar-refractivity contribution in [2.75, 3.05) is 20.2 Å². The Kier molecular flexibility index (Phi) is 4.64. The van der Waals surface area contributed by atoms with Gasteiger partial charge in [-0.05, 0) is 54.7 Å². The lowest BCUT2D eigenvalue weighted by molar-refractivity contribution is 0.0743. The van der Waals surface area contributed by atoms with Gasteiger partial charge in [0.25, 0.3) is 5.91 Å². The number of ether oxygens (including phenoxy) is 1. The van der Waals surface area contributed by atoms with Gasteiger partial charge in [-0.1, -0.05) is 18.2 Å². The average Bonchev–Trinajstić information content (AvgIpc) is 3.00. The zero-order chi connectivity index (χ0) is 18.1. The molecular formula is C21H23FN2O2. The molecule has 2 unspecified atom stereocenters. The minimum absolute atomic E-state index is 0.153. The van der Waals surface area contributed by atoms with E-state index in [1.165, 1.54) is 12.5 Å². The number of halogens is 1. The molecule has 0 aliphatic carbocycles. The molecular weight excluding hydrogens is 331 g/mol. The molecule has 0 radical (unpaired) electrons. The number of amides is 1. The monoisotopic (exact) mass is 354 g/mol. The Morgan fingerprint density at radius 2 is 1.81 bits per heavy atom. The first-order chi connectivity index (χ1) is 12.6. The zero-order valence-electron chi connectivity index (χ0n) is 14.9. The normalized spacial score (nSPS) is 22.2. The number of nitrogens with zero attached hydrogens (tertiary/aromatic N) is 1. The highest BCUT2D eigenvalue weighted by molar-refractivity contribution is 5.95. The number of fused-ring (bicyclic) bond motifs is 2. The molecule has 0 spiro atoms. The Labute approximate surface area is 153 Å². The summed E-state index contributed by atoms with van der Waals surface area (Å²) in [6, 6.07) is 13.1. The summed E-state index contributed by atoms with van der Waals surface area (Å²) >= 11 is 0. The summed E-state index contributed by atoms with van der Waals surface area (Å²) in [5.41, 5.74) is 1.79. The molecule has 1 N–H and O–H groups in total. The van der Waals surface area contributed by atoms with Gasteiger partial charge in [0.15, 0.2) is 0 Å². The average molecular weight is 354 g/mol. The maximum absolute atomic E-state index is 14.7. The van der Waals surface area contributed by atoms with E-state index < -0.39 is 5.82 Å². The number of carbonyl (C=O) groups is 1. The highest BCUT2D eigenvalue weighted by atomic mass is 19.1. The molecule has 2 aliphatic rings. The van der Waals surface area contributed by atoms with Crippen molar-refractivity contribution < 1.29 is 13.9 Å². The molecule has 2 fully saturated rings. The second-order valence-corrected chi connectivity index (χ2v) is 7.10. The predicted molar refractivity (Wildman–Crippen MR) is 98.9 cm³/mol. The van der Waals surface area contributed by atoms with Gasteiger partial charge in [-0.3, -0.25) is 4.79 Å². The van der Waals surface area contributed by atoms with Crippen LogP contribution < -0.4 is 10.1 Å². The summed E-state index contributed by atoms with van der Waals surface area (Å²) in [5.74, 6) is 0.0777. The summed E-state index contributed by atoms with van der Waals surface area (Å²) in [5, 5.41) is 3.55. The number of methoxy groups -OCH3 is 1. The molecule has 136 valence electrons. The number of carbonyl (C=O) groups excluding carboxylic acids is 1. The lowest BCUT2D eigenvalue weighted by Crippen LogP contribution is -2.39. The van der Waals surface area contributed by atoms with Crippen LogP contribution in [0, 0.1) is 5.82 Å². The van der Waals surface area contributed by atoms with E-state index in [1.54, 1.807) is 24.1 Å². The molecule has 4 nitrogen and oxygen atoms in total. The van der Waals surface area contributed by atoms with Gasteiger partial charge in [0, 0.05) is 25.2 Å². The van der Waals surface area contributed by atoms with Gasteiger partial charge in [-0.2, -0.15) is 0 Å². The Morgan fingerprint density at radius 1 is 1.08 bits per heavy atom. The fraction of sp³-hybridized carbons (Fsp3) is 0.381. The zero-order valence-corrected chi connectivity index (χ0v) is 14.9. The molecule has 5 heteroatoms. The minimum atomic E-state index is -0.467. The molecule has 2 aromatic rings. The SMILES string of the molecule is COc1ccc(-c2ccc(C(=O)N3CCC4CCC(C3)N4)c(F)c2)cc1. The van der Waals surface area contributed by atoms with Crippen molar-refractivity contribution in [3.63, 3.8) is 0 Å². The molecule has 2 bridgehead atoms. The maximum Gasteiger partial charge on any atom is 0.256 e. The minimum Gasteiger partial charge on any atom is -0.497 e. The van der Waals surface area contributed by atoms with Crippen LogP contribution in [0.2, 0.25) is 0 Å². The molecule has 0 saturated carbocycles. The quantitative estimate of drug-likeness (QED) is 0.918. The first kappa shape index (κ1) is 17.0. The summed E-state index contributed by atoms with van der Waals surface area (Å²) in [6.07, 6.45) is 3.21. The van der Waals surface area contributed by atoms with Crippen molar-refractivity contribution in [1.82, 2.24) is 10.2 Å². The molecule has 4 rings (SSSR count). The number of nitrogens with one attached hydrogen (secondary N) is 1. The van der Waals surface area contributed by atoms with Gasteiger partial charge in [0.1, 0.15) is 11.6 Å². The summed E-state index contributed by atoms with van der Waals surface area (Å²) in [7, 11) is 1.61. The third kappa shape index (κ3) is 3.31. The third-order valence-electron chi connectivity index (χ3n) is 5.43. The lowest BCUT2D eigenvalue weighted by atomic mass is 10.0. The number of hydrogen-bond acceptors (Lipinski definition) is 3. The molecule has 0 aromatic heterocycles. The smallest absolute Gasteiger partial charge is 0.256 e. The first-order valence-electron chi connectivity index (χ1n) is 9.13. The third-order valence-corrected chi connectivity index (χ3v) is 5.43. The highest BCUT2D eigenvalue weighted by Crippen LogP contribution is 2.26. The van der Waals surface area contributed by atoms with Crippen molar-refractivity contribution in [3.8, 4) is 16.9 Å². The van der Waals surface area contributed by atoms with Gasteiger partial charge < -0.3 is 15.0 Å². The van der Waals surface area contributed by atoms with Crippen LogP contribution in [0.5, 0.6) is 5.75 Å². The summed E-state index contributed by atoms with van der Waals surface area (Å²) in [4.78, 5) is 14.6. The molecule has 2 atom stereocenters.